The van der Waals surface area contributed by atoms with Gasteiger partial charge in [-0.3, -0.25) is 9.59 Å². The summed E-state index contributed by atoms with van der Waals surface area (Å²) in [7, 11) is 5.95. The molecular weight excluding hydrogens is 454 g/mol. The number of anilines is 3. The summed E-state index contributed by atoms with van der Waals surface area (Å²) >= 11 is 0. The molecule has 0 spiro atoms. The molecule has 9 nitrogen and oxygen atoms in total. The number of nitrogens with zero attached hydrogens (tertiary/aromatic N) is 6. The fourth-order valence-electron chi connectivity index (χ4n) is 4.13. The molecule has 2 aromatic carbocycles. The number of piperazine rings is 1. The van der Waals surface area contributed by atoms with Gasteiger partial charge in [0.05, 0.1) is 0 Å². The second-order valence-electron chi connectivity index (χ2n) is 9.13. The smallest absolute Gasteiger partial charge is 0.274 e. The van der Waals surface area contributed by atoms with Crippen molar-refractivity contribution < 1.29 is 9.59 Å². The maximum atomic E-state index is 13.4. The fourth-order valence-corrected chi connectivity index (χ4v) is 4.13. The van der Waals surface area contributed by atoms with E-state index < -0.39 is 0 Å². The van der Waals surface area contributed by atoms with E-state index in [0.717, 1.165) is 23.0 Å². The van der Waals surface area contributed by atoms with Gasteiger partial charge < -0.3 is 24.9 Å². The Kier molecular flexibility index (Phi) is 7.80. The van der Waals surface area contributed by atoms with Crippen LogP contribution in [0.25, 0.3) is 10.8 Å². The molecule has 1 N–H and O–H groups in total. The van der Waals surface area contributed by atoms with Gasteiger partial charge in [0.25, 0.3) is 5.91 Å². The molecule has 2 amide bonds. The molecule has 3 aromatic rings. The van der Waals surface area contributed by atoms with Gasteiger partial charge in [-0.25, -0.2) is 4.98 Å². The van der Waals surface area contributed by atoms with Gasteiger partial charge in [0.1, 0.15) is 11.5 Å². The molecule has 4 rings (SSSR count). The molecule has 0 bridgehead atoms. The Labute approximate surface area is 212 Å². The summed E-state index contributed by atoms with van der Waals surface area (Å²) in [6.45, 7) is 7.47. The zero-order chi connectivity index (χ0) is 25.7. The highest BCUT2D eigenvalue weighted by Gasteiger charge is 2.23. The Morgan fingerprint density at radius 1 is 1.00 bits per heavy atom. The van der Waals surface area contributed by atoms with Crippen molar-refractivity contribution in [1.29, 1.82) is 0 Å². The first kappa shape index (κ1) is 25.1. The monoisotopic (exact) mass is 487 g/mol. The summed E-state index contributed by atoms with van der Waals surface area (Å²) in [6, 6.07) is 15.5. The maximum absolute atomic E-state index is 13.4. The van der Waals surface area contributed by atoms with Gasteiger partial charge in [-0.15, -0.1) is 0 Å². The minimum absolute atomic E-state index is 0.0726. The predicted molar refractivity (Wildman–Crippen MR) is 145 cm³/mol. The van der Waals surface area contributed by atoms with E-state index in [9.17, 15) is 9.59 Å². The third-order valence-corrected chi connectivity index (χ3v) is 6.29. The van der Waals surface area contributed by atoms with Crippen LogP contribution in [0.1, 0.15) is 10.5 Å². The molecule has 1 aliphatic rings. The zero-order valence-corrected chi connectivity index (χ0v) is 21.1. The number of likely N-dealkylation sites (N-methyl/N-ethyl adjacent to an activating group) is 2. The van der Waals surface area contributed by atoms with Crippen molar-refractivity contribution in [1.82, 2.24) is 19.8 Å². The van der Waals surface area contributed by atoms with Gasteiger partial charge in [0.2, 0.25) is 11.9 Å². The van der Waals surface area contributed by atoms with Crippen LogP contribution in [0.5, 0.6) is 0 Å². The van der Waals surface area contributed by atoms with Crippen LogP contribution in [0.15, 0.2) is 61.2 Å². The summed E-state index contributed by atoms with van der Waals surface area (Å²) in [5.74, 6) is 0.793. The van der Waals surface area contributed by atoms with Crippen LogP contribution in [0.3, 0.4) is 0 Å². The molecule has 2 heterocycles. The fraction of sp³-hybridized carbons (Fsp3) is 0.333. The topological polar surface area (TPSA) is 84.9 Å². The number of rotatable bonds is 8. The van der Waals surface area contributed by atoms with Crippen molar-refractivity contribution in [3.63, 3.8) is 0 Å². The Morgan fingerprint density at radius 3 is 2.44 bits per heavy atom. The molecule has 1 fully saturated rings. The predicted octanol–water partition coefficient (Wildman–Crippen LogP) is 2.71. The average molecular weight is 488 g/mol. The van der Waals surface area contributed by atoms with Crippen molar-refractivity contribution in [3.8, 4) is 0 Å². The number of carbonyl (C=O) groups excluding carboxylic acids is 2. The Hall–Kier alpha value is -3.98. The van der Waals surface area contributed by atoms with E-state index in [0.29, 0.717) is 50.2 Å². The number of amides is 2. The molecule has 0 radical (unpaired) electrons. The summed E-state index contributed by atoms with van der Waals surface area (Å²) in [5, 5.41) is 5.06. The molecule has 0 aliphatic carbocycles. The SMILES string of the molecule is C=CC(=O)N1CCN(c2cc(C(=O)Nc3cccc4ccccc34)nc(N(C)CCN(C)C)n2)CC1. The third-order valence-electron chi connectivity index (χ3n) is 6.29. The minimum Gasteiger partial charge on any atom is -0.353 e. The van der Waals surface area contributed by atoms with E-state index >= 15 is 0 Å². The van der Waals surface area contributed by atoms with Crippen LogP contribution in [-0.2, 0) is 4.79 Å². The summed E-state index contributed by atoms with van der Waals surface area (Å²) in [5.41, 5.74) is 1.03. The van der Waals surface area contributed by atoms with Gasteiger partial charge in [0.15, 0.2) is 0 Å². The highest BCUT2D eigenvalue weighted by atomic mass is 16.2. The Morgan fingerprint density at radius 2 is 1.72 bits per heavy atom. The van der Waals surface area contributed by atoms with Crippen molar-refractivity contribution in [2.75, 3.05) is 75.5 Å². The number of benzene rings is 2. The maximum Gasteiger partial charge on any atom is 0.274 e. The number of carbonyl (C=O) groups is 2. The molecule has 1 aromatic heterocycles. The van der Waals surface area contributed by atoms with Crippen LogP contribution < -0.4 is 15.1 Å². The first-order valence-corrected chi connectivity index (χ1v) is 12.1. The highest BCUT2D eigenvalue weighted by Crippen LogP contribution is 2.25. The van der Waals surface area contributed by atoms with Crippen LogP contribution in [0.4, 0.5) is 17.5 Å². The lowest BCUT2D eigenvalue weighted by atomic mass is 10.1. The molecule has 188 valence electrons. The third kappa shape index (κ3) is 5.80. The number of hydrogen-bond acceptors (Lipinski definition) is 7. The van der Waals surface area contributed by atoms with E-state index in [1.165, 1.54) is 6.08 Å². The summed E-state index contributed by atoms with van der Waals surface area (Å²) < 4.78 is 0. The second kappa shape index (κ2) is 11.2. The minimum atomic E-state index is -0.294. The molecular formula is C27H33N7O2. The van der Waals surface area contributed by atoms with E-state index in [1.54, 1.807) is 11.0 Å². The molecule has 1 aliphatic heterocycles. The largest absolute Gasteiger partial charge is 0.353 e. The van der Waals surface area contributed by atoms with Gasteiger partial charge in [0, 0.05) is 63.5 Å². The quantitative estimate of drug-likeness (QED) is 0.489. The molecule has 0 saturated carbocycles. The van der Waals surface area contributed by atoms with Crippen LogP contribution >= 0.6 is 0 Å². The number of aromatic nitrogens is 2. The number of hydrogen-bond donors (Lipinski definition) is 1. The molecule has 9 heteroatoms. The van der Waals surface area contributed by atoms with Crippen LogP contribution in [0, 0.1) is 0 Å². The molecule has 36 heavy (non-hydrogen) atoms. The lowest BCUT2D eigenvalue weighted by Crippen LogP contribution is -2.48. The van der Waals surface area contributed by atoms with Gasteiger partial charge >= 0.3 is 0 Å². The molecule has 1 saturated heterocycles. The van der Waals surface area contributed by atoms with Crippen LogP contribution in [0.2, 0.25) is 0 Å². The number of fused-ring (bicyclic) bond motifs is 1. The lowest BCUT2D eigenvalue weighted by molar-refractivity contribution is -0.126. The Bertz CT molecular complexity index is 1250. The molecule has 0 atom stereocenters. The second-order valence-corrected chi connectivity index (χ2v) is 9.13. The van der Waals surface area contributed by atoms with Crippen molar-refractivity contribution in [3.05, 3.63) is 66.9 Å². The van der Waals surface area contributed by atoms with E-state index in [2.05, 4.69) is 26.7 Å². The highest BCUT2D eigenvalue weighted by molar-refractivity contribution is 6.08. The van der Waals surface area contributed by atoms with Gasteiger partial charge in [-0.2, -0.15) is 4.98 Å². The van der Waals surface area contributed by atoms with E-state index in [4.69, 9.17) is 4.98 Å². The average Bonchev–Trinajstić information content (AvgIpc) is 2.91. The summed E-state index contributed by atoms with van der Waals surface area (Å²) in [6.07, 6.45) is 1.34. The first-order chi connectivity index (χ1) is 17.4. The van der Waals surface area contributed by atoms with Gasteiger partial charge in [-0.05, 0) is 31.6 Å². The number of nitrogens with one attached hydrogen (secondary N) is 1. The van der Waals surface area contributed by atoms with E-state index in [-0.39, 0.29) is 11.8 Å². The van der Waals surface area contributed by atoms with Crippen LogP contribution in [-0.4, -0.2) is 92.0 Å². The first-order valence-electron chi connectivity index (χ1n) is 12.1. The lowest BCUT2D eigenvalue weighted by Gasteiger charge is -2.35. The van der Waals surface area contributed by atoms with E-state index in [1.807, 2.05) is 68.5 Å². The van der Waals surface area contributed by atoms with Crippen molar-refractivity contribution in [2.24, 2.45) is 0 Å². The normalized spacial score (nSPS) is 13.7. The zero-order valence-electron chi connectivity index (χ0n) is 21.1. The van der Waals surface area contributed by atoms with Crippen molar-refractivity contribution >= 4 is 40.0 Å². The van der Waals surface area contributed by atoms with Gasteiger partial charge in [-0.1, -0.05) is 43.0 Å². The summed E-state index contributed by atoms with van der Waals surface area (Å²) in [4.78, 5) is 42.7. The molecule has 0 unspecified atom stereocenters. The van der Waals surface area contributed by atoms with Crippen molar-refractivity contribution in [2.45, 2.75) is 0 Å². The Balaban J connectivity index is 1.62. The standard InChI is InChI=1S/C27H33N7O2/c1-5-25(35)34-17-15-33(16-18-34)24-19-23(29-27(30-24)32(4)14-13-31(2)3)26(36)28-22-12-8-10-20-9-6-7-11-21(20)22/h5-12,19H,1,13-18H2,2-4H3,(H,28,36).